The molecule has 0 aliphatic heterocycles. The number of benzene rings is 2. The molecule has 26 heavy (non-hydrogen) atoms. The van der Waals surface area contributed by atoms with Crippen molar-refractivity contribution in [1.82, 2.24) is 0 Å². The highest BCUT2D eigenvalue weighted by molar-refractivity contribution is 9.11. The van der Waals surface area contributed by atoms with Crippen LogP contribution in [-0.2, 0) is 9.53 Å². The molecule has 0 saturated heterocycles. The SMILES string of the molecule is COC(=O)COc1c(Br)cc(/C=N/Nc2ccc([N+](=O)[O-])cc2)cc1Br. The van der Waals surface area contributed by atoms with Gasteiger partial charge in [0.05, 0.1) is 32.9 Å². The Morgan fingerprint density at radius 3 is 2.42 bits per heavy atom. The zero-order valence-electron chi connectivity index (χ0n) is 13.4. The van der Waals surface area contributed by atoms with Crippen molar-refractivity contribution < 1.29 is 19.2 Å². The molecule has 0 unspecified atom stereocenters. The third kappa shape index (κ3) is 5.53. The monoisotopic (exact) mass is 485 g/mol. The second kappa shape index (κ2) is 9.30. The van der Waals surface area contributed by atoms with E-state index in [1.165, 1.54) is 19.2 Å². The highest BCUT2D eigenvalue weighted by atomic mass is 79.9. The lowest BCUT2D eigenvalue weighted by Crippen LogP contribution is -2.13. The van der Waals surface area contributed by atoms with Crippen molar-refractivity contribution in [2.45, 2.75) is 0 Å². The molecular formula is C16H13Br2N3O5. The molecule has 0 fully saturated rings. The van der Waals surface area contributed by atoms with Crippen LogP contribution in [0.5, 0.6) is 5.75 Å². The fraction of sp³-hybridized carbons (Fsp3) is 0.125. The van der Waals surface area contributed by atoms with Gasteiger partial charge in [0.1, 0.15) is 5.75 Å². The Balaban J connectivity index is 2.03. The molecule has 2 aromatic carbocycles. The van der Waals surface area contributed by atoms with Gasteiger partial charge in [0, 0.05) is 12.1 Å². The molecular weight excluding hydrogens is 474 g/mol. The number of methoxy groups -OCH3 is 1. The van der Waals surface area contributed by atoms with Gasteiger partial charge < -0.3 is 9.47 Å². The zero-order valence-corrected chi connectivity index (χ0v) is 16.6. The molecule has 1 N–H and O–H groups in total. The zero-order chi connectivity index (χ0) is 19.1. The maximum atomic E-state index is 11.2. The van der Waals surface area contributed by atoms with E-state index in [9.17, 15) is 14.9 Å². The number of hydrogen-bond donors (Lipinski definition) is 1. The number of ether oxygens (including phenoxy) is 2. The first kappa shape index (κ1) is 19.9. The van der Waals surface area contributed by atoms with Gasteiger partial charge in [-0.15, -0.1) is 0 Å². The summed E-state index contributed by atoms with van der Waals surface area (Å²) in [5.41, 5.74) is 4.16. The summed E-state index contributed by atoms with van der Waals surface area (Å²) in [6.45, 7) is -0.206. The summed E-state index contributed by atoms with van der Waals surface area (Å²) in [5.74, 6) is -0.0161. The lowest BCUT2D eigenvalue weighted by atomic mass is 10.2. The quantitative estimate of drug-likeness (QED) is 0.273. The van der Waals surface area contributed by atoms with E-state index in [0.717, 1.165) is 5.56 Å². The van der Waals surface area contributed by atoms with Gasteiger partial charge in [-0.25, -0.2) is 4.79 Å². The summed E-state index contributed by atoms with van der Waals surface area (Å²) in [5, 5.41) is 14.7. The molecule has 0 aliphatic rings. The number of carbonyl (C=O) groups excluding carboxylic acids is 1. The van der Waals surface area contributed by atoms with Crippen LogP contribution in [0.1, 0.15) is 5.56 Å². The lowest BCUT2D eigenvalue weighted by Gasteiger charge is -2.10. The van der Waals surface area contributed by atoms with Crippen molar-refractivity contribution in [3.8, 4) is 5.75 Å². The number of nitro benzene ring substituents is 1. The van der Waals surface area contributed by atoms with Gasteiger partial charge in [0.15, 0.2) is 6.61 Å². The van der Waals surface area contributed by atoms with Crippen LogP contribution in [0.25, 0.3) is 0 Å². The third-order valence-corrected chi connectivity index (χ3v) is 4.25. The molecule has 0 radical (unpaired) electrons. The predicted octanol–water partition coefficient (Wildman–Crippen LogP) is 4.12. The molecule has 0 saturated carbocycles. The minimum absolute atomic E-state index is 0.00920. The largest absolute Gasteiger partial charge is 0.480 e. The second-order valence-corrected chi connectivity index (χ2v) is 6.56. The van der Waals surface area contributed by atoms with Gasteiger partial charge in [0.25, 0.3) is 5.69 Å². The fourth-order valence-electron chi connectivity index (χ4n) is 1.82. The van der Waals surface area contributed by atoms with Crippen LogP contribution in [-0.4, -0.2) is 30.8 Å². The molecule has 0 atom stereocenters. The van der Waals surface area contributed by atoms with E-state index in [4.69, 9.17) is 4.74 Å². The average Bonchev–Trinajstić information content (AvgIpc) is 2.61. The molecule has 136 valence electrons. The Morgan fingerprint density at radius 1 is 1.27 bits per heavy atom. The van der Waals surface area contributed by atoms with E-state index < -0.39 is 10.9 Å². The minimum atomic E-state index is -0.485. The number of hydrogen-bond acceptors (Lipinski definition) is 7. The smallest absolute Gasteiger partial charge is 0.343 e. The van der Waals surface area contributed by atoms with Crippen LogP contribution >= 0.6 is 31.9 Å². The highest BCUT2D eigenvalue weighted by Gasteiger charge is 2.11. The van der Waals surface area contributed by atoms with Crippen molar-refractivity contribution in [3.63, 3.8) is 0 Å². The molecule has 0 spiro atoms. The number of esters is 1. The van der Waals surface area contributed by atoms with Crippen LogP contribution in [0.4, 0.5) is 11.4 Å². The molecule has 0 heterocycles. The summed E-state index contributed by atoms with van der Waals surface area (Å²) in [6.07, 6.45) is 1.57. The van der Waals surface area contributed by atoms with Gasteiger partial charge >= 0.3 is 5.97 Å². The molecule has 8 nitrogen and oxygen atoms in total. The summed E-state index contributed by atoms with van der Waals surface area (Å²) in [4.78, 5) is 21.3. The summed E-state index contributed by atoms with van der Waals surface area (Å²) in [6, 6.07) is 9.42. The standard InChI is InChI=1S/C16H13Br2N3O5/c1-25-15(22)9-26-16-13(17)6-10(7-14(16)18)8-19-20-11-2-4-12(5-3-11)21(23)24/h2-8,20H,9H2,1H3/b19-8+. The maximum Gasteiger partial charge on any atom is 0.343 e. The van der Waals surface area contributed by atoms with Gasteiger partial charge in [-0.2, -0.15) is 5.10 Å². The van der Waals surface area contributed by atoms with Crippen molar-refractivity contribution in [3.05, 3.63) is 61.0 Å². The Hall–Kier alpha value is -2.46. The highest BCUT2D eigenvalue weighted by Crippen LogP contribution is 2.34. The second-order valence-electron chi connectivity index (χ2n) is 4.85. The van der Waals surface area contributed by atoms with Crippen molar-refractivity contribution in [1.29, 1.82) is 0 Å². The third-order valence-electron chi connectivity index (χ3n) is 3.07. The maximum absolute atomic E-state index is 11.2. The average molecular weight is 487 g/mol. The Kier molecular flexibility index (Phi) is 7.10. The van der Waals surface area contributed by atoms with E-state index in [0.29, 0.717) is 20.4 Å². The number of rotatable bonds is 7. The number of non-ortho nitro benzene ring substituents is 1. The molecule has 10 heteroatoms. The molecule has 2 rings (SSSR count). The van der Waals surface area contributed by atoms with E-state index in [-0.39, 0.29) is 12.3 Å². The lowest BCUT2D eigenvalue weighted by molar-refractivity contribution is -0.384. The van der Waals surface area contributed by atoms with Gasteiger partial charge in [0.2, 0.25) is 0 Å². The number of nitrogens with one attached hydrogen (secondary N) is 1. The van der Waals surface area contributed by atoms with Crippen LogP contribution < -0.4 is 10.2 Å². The number of hydrazone groups is 1. The molecule has 0 aromatic heterocycles. The number of nitrogens with zero attached hydrogens (tertiary/aromatic N) is 2. The Bertz CT molecular complexity index is 817. The summed E-state index contributed by atoms with van der Waals surface area (Å²) in [7, 11) is 1.29. The first-order valence-electron chi connectivity index (χ1n) is 7.13. The van der Waals surface area contributed by atoms with Gasteiger partial charge in [-0.1, -0.05) is 0 Å². The van der Waals surface area contributed by atoms with Crippen LogP contribution in [0.3, 0.4) is 0 Å². The molecule has 0 aliphatic carbocycles. The van der Waals surface area contributed by atoms with Crippen LogP contribution in [0.2, 0.25) is 0 Å². The van der Waals surface area contributed by atoms with Crippen LogP contribution in [0.15, 0.2) is 50.4 Å². The first-order chi connectivity index (χ1) is 12.4. The minimum Gasteiger partial charge on any atom is -0.480 e. The van der Waals surface area contributed by atoms with E-state index in [1.54, 1.807) is 30.5 Å². The van der Waals surface area contributed by atoms with Crippen molar-refractivity contribution in [2.75, 3.05) is 19.1 Å². The van der Waals surface area contributed by atoms with Crippen LogP contribution in [0, 0.1) is 10.1 Å². The molecule has 0 amide bonds. The Labute approximate surface area is 165 Å². The fourth-order valence-corrected chi connectivity index (χ4v) is 3.27. The molecule has 2 aromatic rings. The van der Waals surface area contributed by atoms with E-state index in [2.05, 4.69) is 47.1 Å². The topological polar surface area (TPSA) is 103 Å². The van der Waals surface area contributed by atoms with Crippen molar-refractivity contribution >= 4 is 55.4 Å². The number of carbonyl (C=O) groups is 1. The normalized spacial score (nSPS) is 10.6. The van der Waals surface area contributed by atoms with Crippen molar-refractivity contribution in [2.24, 2.45) is 5.10 Å². The van der Waals surface area contributed by atoms with Gasteiger partial charge in [-0.05, 0) is 61.7 Å². The van der Waals surface area contributed by atoms with E-state index in [1.807, 2.05) is 0 Å². The number of anilines is 1. The first-order valence-corrected chi connectivity index (χ1v) is 8.71. The van der Waals surface area contributed by atoms with E-state index >= 15 is 0 Å². The van der Waals surface area contributed by atoms with Gasteiger partial charge in [-0.3, -0.25) is 15.5 Å². The Morgan fingerprint density at radius 2 is 1.88 bits per heavy atom. The summed E-state index contributed by atoms with van der Waals surface area (Å²) >= 11 is 6.75. The summed E-state index contributed by atoms with van der Waals surface area (Å²) < 4.78 is 11.2. The number of nitro groups is 1. The molecule has 0 bridgehead atoms. The number of halogens is 2. The predicted molar refractivity (Wildman–Crippen MR) is 104 cm³/mol.